The van der Waals surface area contributed by atoms with Crippen molar-refractivity contribution in [3.05, 3.63) is 27.9 Å². The number of ether oxygens (including phenoxy) is 1. The summed E-state index contributed by atoms with van der Waals surface area (Å²) >= 11 is 0. The third kappa shape index (κ3) is 2.84. The van der Waals surface area contributed by atoms with Gasteiger partial charge in [0.2, 0.25) is 5.82 Å². The monoisotopic (exact) mass is 286 g/mol. The summed E-state index contributed by atoms with van der Waals surface area (Å²) in [6.07, 6.45) is 6.58. The molecule has 0 aromatic carbocycles. The second-order valence-corrected chi connectivity index (χ2v) is 5.34. The van der Waals surface area contributed by atoms with E-state index in [1.807, 2.05) is 0 Å². The maximum absolute atomic E-state index is 12.1. The van der Waals surface area contributed by atoms with Crippen molar-refractivity contribution in [2.75, 3.05) is 5.73 Å². The molecule has 0 spiro atoms. The van der Waals surface area contributed by atoms with E-state index in [1.165, 1.54) is 6.20 Å². The van der Waals surface area contributed by atoms with Crippen molar-refractivity contribution in [3.8, 4) is 12.3 Å². The number of nitrogen functional groups attached to an aromatic ring is 1. The van der Waals surface area contributed by atoms with Gasteiger partial charge in [-0.05, 0) is 20.8 Å². The quantitative estimate of drug-likeness (QED) is 0.593. The van der Waals surface area contributed by atoms with Crippen molar-refractivity contribution in [1.82, 2.24) is 15.0 Å². The first kappa shape index (κ1) is 14.5. The molecule has 0 bridgehead atoms. The van der Waals surface area contributed by atoms with Gasteiger partial charge in [-0.2, -0.15) is 0 Å². The normalized spacial score (nSPS) is 11.1. The molecule has 3 N–H and O–H groups in total. The molecule has 0 aliphatic heterocycles. The second kappa shape index (κ2) is 4.90. The number of carbonyl (C=O) groups is 1. The maximum Gasteiger partial charge on any atom is 0.375 e. The van der Waals surface area contributed by atoms with Crippen LogP contribution in [-0.4, -0.2) is 26.5 Å². The van der Waals surface area contributed by atoms with E-state index in [9.17, 15) is 9.59 Å². The van der Waals surface area contributed by atoms with Crippen LogP contribution in [0, 0.1) is 12.3 Å². The molecule has 0 saturated heterocycles. The van der Waals surface area contributed by atoms with E-state index in [1.54, 1.807) is 20.8 Å². The van der Waals surface area contributed by atoms with Crippen LogP contribution in [0.4, 0.5) is 5.69 Å². The predicted octanol–water partition coefficient (Wildman–Crippen LogP) is 0.837. The Hall–Kier alpha value is -2.88. The number of terminal acetylenes is 1. The number of aromatic amines is 1. The van der Waals surface area contributed by atoms with Gasteiger partial charge in [0.05, 0.1) is 11.3 Å². The number of anilines is 1. The fraction of sp³-hybridized carbons (Fsp3) is 0.286. The standard InChI is InChI=1S/C14H14N4O3/c1-5-7-6-16-10-8(9(7)15)12(19)18-11(17-10)13(20)21-14(2,3)4/h1,6H,2-4H3,(H3,15,16,17,18,19). The zero-order valence-electron chi connectivity index (χ0n) is 11.9. The summed E-state index contributed by atoms with van der Waals surface area (Å²) in [5.74, 6) is 1.34. The number of nitrogens with two attached hydrogens (primary N) is 1. The molecule has 0 atom stereocenters. The Bertz CT molecular complexity index is 825. The van der Waals surface area contributed by atoms with Gasteiger partial charge in [-0.1, -0.05) is 5.92 Å². The number of esters is 1. The predicted molar refractivity (Wildman–Crippen MR) is 77.7 cm³/mol. The molecule has 2 aromatic heterocycles. The topological polar surface area (TPSA) is 111 Å². The third-order valence-electron chi connectivity index (χ3n) is 2.52. The maximum atomic E-state index is 12.1. The minimum atomic E-state index is -0.747. The van der Waals surface area contributed by atoms with Crippen molar-refractivity contribution < 1.29 is 9.53 Å². The zero-order chi connectivity index (χ0) is 15.8. The van der Waals surface area contributed by atoms with Gasteiger partial charge in [0.1, 0.15) is 11.0 Å². The van der Waals surface area contributed by atoms with Crippen molar-refractivity contribution in [2.45, 2.75) is 26.4 Å². The van der Waals surface area contributed by atoms with E-state index >= 15 is 0 Å². The molecule has 0 aliphatic rings. The van der Waals surface area contributed by atoms with Crippen LogP contribution < -0.4 is 11.3 Å². The van der Waals surface area contributed by atoms with Crippen molar-refractivity contribution >= 4 is 22.7 Å². The number of carbonyl (C=O) groups excluding carboxylic acids is 1. The van der Waals surface area contributed by atoms with Crippen LogP contribution in [0.2, 0.25) is 0 Å². The second-order valence-electron chi connectivity index (χ2n) is 5.34. The van der Waals surface area contributed by atoms with Gasteiger partial charge >= 0.3 is 5.97 Å². The van der Waals surface area contributed by atoms with Gasteiger partial charge in [-0.3, -0.25) is 4.79 Å². The van der Waals surface area contributed by atoms with Crippen molar-refractivity contribution in [2.24, 2.45) is 0 Å². The molecule has 0 saturated carbocycles. The minimum Gasteiger partial charge on any atom is -0.454 e. The first-order valence-electron chi connectivity index (χ1n) is 6.11. The fourth-order valence-electron chi connectivity index (χ4n) is 1.67. The molecule has 7 heteroatoms. The van der Waals surface area contributed by atoms with Crippen LogP contribution in [0.25, 0.3) is 11.0 Å². The van der Waals surface area contributed by atoms with E-state index in [-0.39, 0.29) is 22.5 Å². The fourth-order valence-corrected chi connectivity index (χ4v) is 1.67. The number of nitrogens with zero attached hydrogens (tertiary/aromatic N) is 2. The lowest BCUT2D eigenvalue weighted by Gasteiger charge is -2.18. The Morgan fingerprint density at radius 2 is 2.14 bits per heavy atom. The lowest BCUT2D eigenvalue weighted by molar-refractivity contribution is 0.00556. The Kier molecular flexibility index (Phi) is 3.39. The third-order valence-corrected chi connectivity index (χ3v) is 2.52. The summed E-state index contributed by atoms with van der Waals surface area (Å²) in [6, 6.07) is 0. The molecular formula is C14H14N4O3. The van der Waals surface area contributed by atoms with Crippen LogP contribution in [-0.2, 0) is 4.74 Å². The van der Waals surface area contributed by atoms with Crippen LogP contribution in [0.3, 0.4) is 0 Å². The van der Waals surface area contributed by atoms with Gasteiger partial charge in [0.15, 0.2) is 5.65 Å². The van der Waals surface area contributed by atoms with E-state index in [0.717, 1.165) is 0 Å². The van der Waals surface area contributed by atoms with Gasteiger partial charge in [0.25, 0.3) is 5.56 Å². The van der Waals surface area contributed by atoms with Gasteiger partial charge in [-0.25, -0.2) is 14.8 Å². The Morgan fingerprint density at radius 3 is 2.71 bits per heavy atom. The Morgan fingerprint density at radius 1 is 1.48 bits per heavy atom. The number of pyridine rings is 1. The number of hydrogen-bond donors (Lipinski definition) is 2. The highest BCUT2D eigenvalue weighted by atomic mass is 16.6. The summed E-state index contributed by atoms with van der Waals surface area (Å²) < 4.78 is 5.14. The summed E-state index contributed by atoms with van der Waals surface area (Å²) in [5, 5.41) is 0.0535. The van der Waals surface area contributed by atoms with E-state index in [0.29, 0.717) is 5.56 Å². The molecule has 0 radical (unpaired) electrons. The lowest BCUT2D eigenvalue weighted by atomic mass is 10.2. The number of H-pyrrole nitrogens is 1. The molecular weight excluding hydrogens is 272 g/mol. The molecule has 0 unspecified atom stereocenters. The highest BCUT2D eigenvalue weighted by molar-refractivity contribution is 5.93. The lowest BCUT2D eigenvalue weighted by Crippen LogP contribution is -2.27. The van der Waals surface area contributed by atoms with Gasteiger partial charge in [-0.15, -0.1) is 6.42 Å². The first-order valence-corrected chi connectivity index (χ1v) is 6.11. The average Bonchev–Trinajstić information content (AvgIpc) is 2.36. The average molecular weight is 286 g/mol. The summed E-state index contributed by atoms with van der Waals surface area (Å²) in [7, 11) is 0. The molecule has 108 valence electrons. The summed E-state index contributed by atoms with van der Waals surface area (Å²) in [4.78, 5) is 34.2. The van der Waals surface area contributed by atoms with Gasteiger partial charge < -0.3 is 15.5 Å². The van der Waals surface area contributed by atoms with Crippen molar-refractivity contribution in [3.63, 3.8) is 0 Å². The van der Waals surface area contributed by atoms with Crippen molar-refractivity contribution in [1.29, 1.82) is 0 Å². The number of hydrogen-bond acceptors (Lipinski definition) is 6. The van der Waals surface area contributed by atoms with Crippen LogP contribution in [0.1, 0.15) is 37.0 Å². The number of rotatable bonds is 1. The smallest absolute Gasteiger partial charge is 0.375 e. The summed E-state index contributed by atoms with van der Waals surface area (Å²) in [6.45, 7) is 5.12. The molecule has 2 aromatic rings. The minimum absolute atomic E-state index is 0.0381. The van der Waals surface area contributed by atoms with Crippen LogP contribution in [0.15, 0.2) is 11.0 Å². The van der Waals surface area contributed by atoms with E-state index in [4.69, 9.17) is 16.9 Å². The molecule has 0 fully saturated rings. The van der Waals surface area contributed by atoms with Crippen LogP contribution >= 0.6 is 0 Å². The van der Waals surface area contributed by atoms with E-state index in [2.05, 4.69) is 20.9 Å². The number of nitrogens with one attached hydrogen (secondary N) is 1. The number of aromatic nitrogens is 3. The highest BCUT2D eigenvalue weighted by Gasteiger charge is 2.21. The molecule has 2 rings (SSSR count). The Labute approximate surface area is 120 Å². The highest BCUT2D eigenvalue weighted by Crippen LogP contribution is 2.18. The Balaban J connectivity index is 2.60. The molecule has 2 heterocycles. The number of fused-ring (bicyclic) bond motifs is 1. The van der Waals surface area contributed by atoms with Gasteiger partial charge in [0, 0.05) is 6.20 Å². The SMILES string of the molecule is C#Cc1cnc2nc(C(=O)OC(C)(C)C)[nH]c(=O)c2c1N. The van der Waals surface area contributed by atoms with Crippen LogP contribution in [0.5, 0.6) is 0 Å². The van der Waals surface area contributed by atoms with E-state index < -0.39 is 17.1 Å². The largest absolute Gasteiger partial charge is 0.454 e. The molecule has 21 heavy (non-hydrogen) atoms. The molecule has 0 aliphatic carbocycles. The first-order chi connectivity index (χ1) is 9.73. The molecule has 0 amide bonds. The summed E-state index contributed by atoms with van der Waals surface area (Å²) in [5.41, 5.74) is 4.93. The zero-order valence-corrected chi connectivity index (χ0v) is 11.9. The molecule has 7 nitrogen and oxygen atoms in total.